The van der Waals surface area contributed by atoms with Gasteiger partial charge in [0.1, 0.15) is 0 Å². The number of carbonyl (C=O) groups excluding carboxylic acids is 1. The number of hydrogen-bond donors (Lipinski definition) is 1. The van der Waals surface area contributed by atoms with E-state index in [4.69, 9.17) is 0 Å². The van der Waals surface area contributed by atoms with E-state index < -0.39 is 4.92 Å². The number of nitro benzene ring substituents is 1. The van der Waals surface area contributed by atoms with Crippen molar-refractivity contribution in [1.82, 2.24) is 0 Å². The maximum atomic E-state index is 11.7. The van der Waals surface area contributed by atoms with Gasteiger partial charge in [0, 0.05) is 23.9 Å². The molecule has 2 aromatic carbocycles. The van der Waals surface area contributed by atoms with Crippen LogP contribution in [0.1, 0.15) is 5.56 Å². The van der Waals surface area contributed by atoms with E-state index in [0.29, 0.717) is 5.69 Å². The number of nitro groups is 1. The monoisotopic (exact) mass is 294 g/mol. The molecule has 0 spiro atoms. The van der Waals surface area contributed by atoms with E-state index in [1.165, 1.54) is 30.3 Å². The van der Waals surface area contributed by atoms with E-state index in [-0.39, 0.29) is 11.6 Å². The molecule has 0 unspecified atom stereocenters. The van der Waals surface area contributed by atoms with Gasteiger partial charge >= 0.3 is 0 Å². The summed E-state index contributed by atoms with van der Waals surface area (Å²) in [7, 11) is 0. The predicted molar refractivity (Wildman–Crippen MR) is 86.3 cm³/mol. The molecular formula is C17H14N2O3. The summed E-state index contributed by atoms with van der Waals surface area (Å²) < 4.78 is 0. The Bertz CT molecular complexity index is 704. The van der Waals surface area contributed by atoms with Crippen LogP contribution in [-0.2, 0) is 4.79 Å². The number of non-ortho nitro benzene ring substituents is 1. The lowest BCUT2D eigenvalue weighted by atomic mass is 10.2. The molecule has 5 nitrogen and oxygen atoms in total. The van der Waals surface area contributed by atoms with Gasteiger partial charge in [0.05, 0.1) is 4.92 Å². The standard InChI is InChI=1S/C17H14N2O3/c20-17(9-5-4-8-14-6-2-1-3-7-14)18-15-10-12-16(13-11-15)19(21)22/h1-13H,(H,18,20)/b8-4+,9-5+. The Balaban J connectivity index is 1.88. The first kappa shape index (κ1) is 15.2. The van der Waals surface area contributed by atoms with Gasteiger partial charge in [-0.25, -0.2) is 0 Å². The van der Waals surface area contributed by atoms with E-state index >= 15 is 0 Å². The lowest BCUT2D eigenvalue weighted by Crippen LogP contribution is -2.07. The minimum absolute atomic E-state index is 0.0145. The average molecular weight is 294 g/mol. The van der Waals surface area contributed by atoms with Crippen molar-refractivity contribution in [1.29, 1.82) is 0 Å². The third-order valence-corrected chi connectivity index (χ3v) is 2.79. The van der Waals surface area contributed by atoms with Crippen molar-refractivity contribution in [3.63, 3.8) is 0 Å². The second-order valence-corrected chi connectivity index (χ2v) is 4.42. The maximum Gasteiger partial charge on any atom is 0.269 e. The van der Waals surface area contributed by atoms with Gasteiger partial charge in [-0.05, 0) is 17.7 Å². The Hall–Kier alpha value is -3.21. The smallest absolute Gasteiger partial charge is 0.269 e. The molecule has 0 saturated carbocycles. The normalized spacial score (nSPS) is 10.9. The number of amides is 1. The van der Waals surface area contributed by atoms with Gasteiger partial charge in [-0.2, -0.15) is 0 Å². The molecule has 5 heteroatoms. The zero-order valence-corrected chi connectivity index (χ0v) is 11.7. The number of anilines is 1. The fourth-order valence-electron chi connectivity index (χ4n) is 1.72. The largest absolute Gasteiger partial charge is 0.323 e. The summed E-state index contributed by atoms with van der Waals surface area (Å²) in [6, 6.07) is 15.4. The van der Waals surface area contributed by atoms with Crippen molar-refractivity contribution >= 4 is 23.4 Å². The molecule has 22 heavy (non-hydrogen) atoms. The maximum absolute atomic E-state index is 11.7. The molecule has 0 radical (unpaired) electrons. The van der Waals surface area contributed by atoms with Crippen molar-refractivity contribution in [3.05, 3.63) is 88.5 Å². The van der Waals surface area contributed by atoms with Gasteiger partial charge in [-0.3, -0.25) is 14.9 Å². The van der Waals surface area contributed by atoms with E-state index in [1.54, 1.807) is 12.2 Å². The molecule has 2 rings (SSSR count). The quantitative estimate of drug-likeness (QED) is 0.394. The highest BCUT2D eigenvalue weighted by molar-refractivity contribution is 5.99. The van der Waals surface area contributed by atoms with E-state index in [1.807, 2.05) is 36.4 Å². The Morgan fingerprint density at radius 2 is 1.68 bits per heavy atom. The molecule has 0 atom stereocenters. The van der Waals surface area contributed by atoms with E-state index in [2.05, 4.69) is 5.32 Å². The summed E-state index contributed by atoms with van der Waals surface area (Å²) in [6.07, 6.45) is 6.68. The number of rotatable bonds is 5. The first-order valence-electron chi connectivity index (χ1n) is 6.60. The highest BCUT2D eigenvalue weighted by atomic mass is 16.6. The van der Waals surface area contributed by atoms with Gasteiger partial charge < -0.3 is 5.32 Å². The minimum Gasteiger partial charge on any atom is -0.323 e. The molecule has 110 valence electrons. The lowest BCUT2D eigenvalue weighted by Gasteiger charge is -2.00. The summed E-state index contributed by atoms with van der Waals surface area (Å²) in [6.45, 7) is 0. The van der Waals surface area contributed by atoms with Gasteiger partial charge in [0.2, 0.25) is 5.91 Å². The number of nitrogens with one attached hydrogen (secondary N) is 1. The van der Waals surface area contributed by atoms with Crippen LogP contribution in [0.5, 0.6) is 0 Å². The van der Waals surface area contributed by atoms with Crippen molar-refractivity contribution in [3.8, 4) is 0 Å². The second kappa shape index (κ2) is 7.54. The van der Waals surface area contributed by atoms with Gasteiger partial charge in [0.25, 0.3) is 5.69 Å². The van der Waals surface area contributed by atoms with Crippen LogP contribution in [0.2, 0.25) is 0 Å². The molecular weight excluding hydrogens is 280 g/mol. The van der Waals surface area contributed by atoms with Crippen LogP contribution in [0.25, 0.3) is 6.08 Å². The van der Waals surface area contributed by atoms with Gasteiger partial charge in [-0.15, -0.1) is 0 Å². The van der Waals surface area contributed by atoms with Crippen LogP contribution in [0, 0.1) is 10.1 Å². The van der Waals surface area contributed by atoms with E-state index in [9.17, 15) is 14.9 Å². The first-order chi connectivity index (χ1) is 10.6. The van der Waals surface area contributed by atoms with Crippen LogP contribution in [0.15, 0.2) is 72.8 Å². The summed E-state index contributed by atoms with van der Waals surface area (Å²) in [4.78, 5) is 21.7. The summed E-state index contributed by atoms with van der Waals surface area (Å²) >= 11 is 0. The molecule has 0 aliphatic rings. The van der Waals surface area contributed by atoms with Crippen LogP contribution in [0.4, 0.5) is 11.4 Å². The Labute approximate surface area is 127 Å². The molecule has 0 aromatic heterocycles. The molecule has 0 aliphatic heterocycles. The Morgan fingerprint density at radius 3 is 2.32 bits per heavy atom. The van der Waals surface area contributed by atoms with Gasteiger partial charge in [-0.1, -0.05) is 48.6 Å². The first-order valence-corrected chi connectivity index (χ1v) is 6.60. The van der Waals surface area contributed by atoms with Crippen molar-refractivity contribution < 1.29 is 9.72 Å². The van der Waals surface area contributed by atoms with Crippen LogP contribution >= 0.6 is 0 Å². The predicted octanol–water partition coefficient (Wildman–Crippen LogP) is 3.80. The third kappa shape index (κ3) is 4.72. The van der Waals surface area contributed by atoms with Crippen LogP contribution in [-0.4, -0.2) is 10.8 Å². The number of nitrogens with zero attached hydrogens (tertiary/aromatic N) is 1. The highest BCUT2D eigenvalue weighted by Gasteiger charge is 2.04. The number of allylic oxidation sites excluding steroid dienone is 2. The molecule has 2 aromatic rings. The summed E-state index contributed by atoms with van der Waals surface area (Å²) in [5, 5.41) is 13.1. The SMILES string of the molecule is O=C(/C=C/C=C/c1ccccc1)Nc1ccc([N+](=O)[O-])cc1. The molecule has 0 fully saturated rings. The highest BCUT2D eigenvalue weighted by Crippen LogP contribution is 2.15. The Kier molecular flexibility index (Phi) is 5.20. The third-order valence-electron chi connectivity index (χ3n) is 2.79. The molecule has 0 saturated heterocycles. The topological polar surface area (TPSA) is 72.2 Å². The van der Waals surface area contributed by atoms with Crippen molar-refractivity contribution in [2.45, 2.75) is 0 Å². The molecule has 0 heterocycles. The minimum atomic E-state index is -0.486. The molecule has 0 aliphatic carbocycles. The Morgan fingerprint density at radius 1 is 1.00 bits per heavy atom. The lowest BCUT2D eigenvalue weighted by molar-refractivity contribution is -0.384. The number of hydrogen-bond acceptors (Lipinski definition) is 3. The fourth-order valence-corrected chi connectivity index (χ4v) is 1.72. The number of benzene rings is 2. The zero-order chi connectivity index (χ0) is 15.8. The molecule has 0 bridgehead atoms. The van der Waals surface area contributed by atoms with Gasteiger partial charge in [0.15, 0.2) is 0 Å². The number of carbonyl (C=O) groups is 1. The summed E-state index contributed by atoms with van der Waals surface area (Å²) in [5.41, 5.74) is 1.54. The zero-order valence-electron chi connectivity index (χ0n) is 11.7. The van der Waals surface area contributed by atoms with Crippen molar-refractivity contribution in [2.24, 2.45) is 0 Å². The fraction of sp³-hybridized carbons (Fsp3) is 0. The summed E-state index contributed by atoms with van der Waals surface area (Å²) in [5.74, 6) is -0.299. The van der Waals surface area contributed by atoms with Crippen molar-refractivity contribution in [2.75, 3.05) is 5.32 Å². The van der Waals surface area contributed by atoms with Crippen LogP contribution < -0.4 is 5.32 Å². The average Bonchev–Trinajstić information content (AvgIpc) is 2.53. The van der Waals surface area contributed by atoms with Crippen LogP contribution in [0.3, 0.4) is 0 Å². The molecule has 1 N–H and O–H groups in total. The van der Waals surface area contributed by atoms with E-state index in [0.717, 1.165) is 5.56 Å². The second-order valence-electron chi connectivity index (χ2n) is 4.42. The molecule has 1 amide bonds.